The largest absolute Gasteiger partial charge is 0.393 e. The van der Waals surface area contributed by atoms with Gasteiger partial charge in [-0.2, -0.15) is 5.26 Å². The number of hydrogen-bond acceptors (Lipinski definition) is 4. The molecule has 2 N–H and O–H groups in total. The van der Waals surface area contributed by atoms with Crippen LogP contribution in [0.3, 0.4) is 0 Å². The SMILES string of the molecule is CCCn1cc(N)c(=O)n(Cc2ccc(C#N)cc2)c1=O. The number of anilines is 1. The third-order valence-electron chi connectivity index (χ3n) is 3.15. The molecule has 1 aromatic carbocycles. The van der Waals surface area contributed by atoms with Gasteiger partial charge in [-0.15, -0.1) is 0 Å². The molecule has 0 saturated heterocycles. The lowest BCUT2D eigenvalue weighted by Gasteiger charge is -2.11. The molecule has 6 nitrogen and oxygen atoms in total. The van der Waals surface area contributed by atoms with E-state index in [1.54, 1.807) is 24.3 Å². The third-order valence-corrected chi connectivity index (χ3v) is 3.15. The van der Waals surface area contributed by atoms with Gasteiger partial charge >= 0.3 is 5.69 Å². The van der Waals surface area contributed by atoms with E-state index in [0.29, 0.717) is 12.1 Å². The zero-order chi connectivity index (χ0) is 15.4. The Morgan fingerprint density at radius 2 is 1.90 bits per heavy atom. The summed E-state index contributed by atoms with van der Waals surface area (Å²) in [6, 6.07) is 8.76. The molecule has 6 heteroatoms. The summed E-state index contributed by atoms with van der Waals surface area (Å²) in [5, 5.41) is 8.76. The van der Waals surface area contributed by atoms with E-state index in [1.807, 2.05) is 13.0 Å². The first-order valence-electron chi connectivity index (χ1n) is 6.65. The molecule has 0 fully saturated rings. The predicted molar refractivity (Wildman–Crippen MR) is 79.9 cm³/mol. The minimum Gasteiger partial charge on any atom is -0.393 e. The fourth-order valence-corrected chi connectivity index (χ4v) is 2.08. The summed E-state index contributed by atoms with van der Waals surface area (Å²) in [4.78, 5) is 24.3. The molecule has 1 heterocycles. The maximum Gasteiger partial charge on any atom is 0.331 e. The molecule has 1 aromatic heterocycles. The zero-order valence-corrected chi connectivity index (χ0v) is 11.7. The number of nitriles is 1. The summed E-state index contributed by atoms with van der Waals surface area (Å²) in [6.07, 6.45) is 2.16. The first-order chi connectivity index (χ1) is 10.1. The molecule has 0 aliphatic rings. The van der Waals surface area contributed by atoms with Gasteiger partial charge in [0.1, 0.15) is 5.69 Å². The van der Waals surface area contributed by atoms with Crippen molar-refractivity contribution in [1.82, 2.24) is 9.13 Å². The summed E-state index contributed by atoms with van der Waals surface area (Å²) in [6.45, 7) is 2.59. The van der Waals surface area contributed by atoms with Crippen LogP contribution in [-0.4, -0.2) is 9.13 Å². The van der Waals surface area contributed by atoms with Crippen LogP contribution < -0.4 is 17.0 Å². The van der Waals surface area contributed by atoms with Crippen molar-refractivity contribution in [2.24, 2.45) is 0 Å². The molecule has 0 aliphatic heterocycles. The third kappa shape index (κ3) is 3.03. The van der Waals surface area contributed by atoms with Gasteiger partial charge in [0.05, 0.1) is 18.2 Å². The Hall–Kier alpha value is -2.81. The van der Waals surface area contributed by atoms with Crippen LogP contribution in [0.25, 0.3) is 0 Å². The van der Waals surface area contributed by atoms with Crippen LogP contribution in [-0.2, 0) is 13.1 Å². The van der Waals surface area contributed by atoms with E-state index in [2.05, 4.69) is 0 Å². The summed E-state index contributed by atoms with van der Waals surface area (Å²) < 4.78 is 2.56. The Bertz CT molecular complexity index is 794. The number of benzene rings is 1. The van der Waals surface area contributed by atoms with Crippen LogP contribution in [0.4, 0.5) is 5.69 Å². The second-order valence-electron chi connectivity index (χ2n) is 4.76. The summed E-state index contributed by atoms with van der Waals surface area (Å²) in [5.74, 6) is 0. The lowest BCUT2D eigenvalue weighted by molar-refractivity contribution is 0.573. The molecule has 0 spiro atoms. The molecule has 0 radical (unpaired) electrons. The maximum absolute atomic E-state index is 12.3. The lowest BCUT2D eigenvalue weighted by atomic mass is 10.1. The van der Waals surface area contributed by atoms with Gasteiger partial charge in [-0.25, -0.2) is 4.79 Å². The normalized spacial score (nSPS) is 10.3. The molecule has 0 unspecified atom stereocenters. The average molecular weight is 284 g/mol. The highest BCUT2D eigenvalue weighted by Crippen LogP contribution is 2.04. The monoisotopic (exact) mass is 284 g/mol. The van der Waals surface area contributed by atoms with Crippen LogP contribution in [0.15, 0.2) is 40.1 Å². The minimum atomic E-state index is -0.489. The number of nitrogens with zero attached hydrogens (tertiary/aromatic N) is 3. The van der Waals surface area contributed by atoms with Crippen molar-refractivity contribution in [2.45, 2.75) is 26.4 Å². The van der Waals surface area contributed by atoms with Gasteiger partial charge in [-0.1, -0.05) is 19.1 Å². The van der Waals surface area contributed by atoms with Crippen molar-refractivity contribution in [3.63, 3.8) is 0 Å². The Balaban J connectivity index is 2.45. The van der Waals surface area contributed by atoms with Crippen LogP contribution >= 0.6 is 0 Å². The Kier molecular flexibility index (Phi) is 4.24. The van der Waals surface area contributed by atoms with E-state index < -0.39 is 5.56 Å². The van der Waals surface area contributed by atoms with Gasteiger partial charge in [-0.3, -0.25) is 13.9 Å². The van der Waals surface area contributed by atoms with Gasteiger partial charge in [0.25, 0.3) is 5.56 Å². The number of aromatic nitrogens is 2. The molecule has 0 amide bonds. The molecule has 21 heavy (non-hydrogen) atoms. The van der Waals surface area contributed by atoms with E-state index in [-0.39, 0.29) is 17.9 Å². The van der Waals surface area contributed by atoms with Crippen molar-refractivity contribution in [3.8, 4) is 6.07 Å². The summed E-state index contributed by atoms with van der Waals surface area (Å²) in [5.41, 5.74) is 6.17. The van der Waals surface area contributed by atoms with Crippen LogP contribution in [0, 0.1) is 11.3 Å². The molecule has 108 valence electrons. The first kappa shape index (κ1) is 14.6. The van der Waals surface area contributed by atoms with E-state index in [9.17, 15) is 9.59 Å². The Labute approximate surface area is 121 Å². The first-order valence-corrected chi connectivity index (χ1v) is 6.65. The van der Waals surface area contributed by atoms with Crippen molar-refractivity contribution in [1.29, 1.82) is 5.26 Å². The van der Waals surface area contributed by atoms with E-state index in [4.69, 9.17) is 11.0 Å². The second kappa shape index (κ2) is 6.09. The molecule has 0 aliphatic carbocycles. The van der Waals surface area contributed by atoms with E-state index in [0.717, 1.165) is 16.6 Å². The highest BCUT2D eigenvalue weighted by molar-refractivity contribution is 5.33. The summed E-state index contributed by atoms with van der Waals surface area (Å²) in [7, 11) is 0. The number of hydrogen-bond donors (Lipinski definition) is 1. The Morgan fingerprint density at radius 3 is 2.48 bits per heavy atom. The average Bonchev–Trinajstić information content (AvgIpc) is 2.50. The molecule has 2 aromatic rings. The summed E-state index contributed by atoms with van der Waals surface area (Å²) >= 11 is 0. The lowest BCUT2D eigenvalue weighted by Crippen LogP contribution is -2.40. The topological polar surface area (TPSA) is 93.8 Å². The molecule has 0 saturated carbocycles. The predicted octanol–water partition coefficient (Wildman–Crippen LogP) is 0.922. The van der Waals surface area contributed by atoms with E-state index >= 15 is 0 Å². The number of rotatable bonds is 4. The molecular weight excluding hydrogens is 268 g/mol. The molecular formula is C15H16N4O2. The van der Waals surface area contributed by atoms with Gasteiger partial charge in [0, 0.05) is 12.7 Å². The smallest absolute Gasteiger partial charge is 0.331 e. The van der Waals surface area contributed by atoms with Crippen molar-refractivity contribution >= 4 is 5.69 Å². The standard InChI is InChI=1S/C15H16N4O2/c1-2-7-18-10-13(17)14(20)19(15(18)21)9-12-5-3-11(8-16)4-6-12/h3-6,10H,2,7,9,17H2,1H3. The highest BCUT2D eigenvalue weighted by Gasteiger charge is 2.09. The van der Waals surface area contributed by atoms with Gasteiger partial charge < -0.3 is 5.73 Å². The van der Waals surface area contributed by atoms with Crippen LogP contribution in [0.2, 0.25) is 0 Å². The fourth-order valence-electron chi connectivity index (χ4n) is 2.08. The maximum atomic E-state index is 12.3. The Morgan fingerprint density at radius 1 is 1.24 bits per heavy atom. The van der Waals surface area contributed by atoms with Gasteiger partial charge in [0.2, 0.25) is 0 Å². The minimum absolute atomic E-state index is 0.0525. The van der Waals surface area contributed by atoms with Gasteiger partial charge in [0.15, 0.2) is 0 Å². The van der Waals surface area contributed by atoms with Gasteiger partial charge in [-0.05, 0) is 24.1 Å². The molecule has 0 bridgehead atoms. The number of aryl methyl sites for hydroxylation is 1. The van der Waals surface area contributed by atoms with Crippen molar-refractivity contribution in [2.75, 3.05) is 5.73 Å². The molecule has 2 rings (SSSR count). The van der Waals surface area contributed by atoms with Crippen molar-refractivity contribution in [3.05, 3.63) is 62.4 Å². The molecule has 0 atom stereocenters. The van der Waals surface area contributed by atoms with Crippen molar-refractivity contribution < 1.29 is 0 Å². The number of nitrogens with two attached hydrogens (primary N) is 1. The zero-order valence-electron chi connectivity index (χ0n) is 11.7. The van der Waals surface area contributed by atoms with E-state index in [1.165, 1.54) is 10.8 Å². The quantitative estimate of drug-likeness (QED) is 0.903. The van der Waals surface area contributed by atoms with Crippen LogP contribution in [0.1, 0.15) is 24.5 Å². The fraction of sp³-hybridized carbons (Fsp3) is 0.267. The number of nitrogen functional groups attached to an aromatic ring is 1. The second-order valence-corrected chi connectivity index (χ2v) is 4.76. The highest BCUT2D eigenvalue weighted by atomic mass is 16.2. The van der Waals surface area contributed by atoms with Crippen LogP contribution in [0.5, 0.6) is 0 Å².